The van der Waals surface area contributed by atoms with Crippen LogP contribution in [0.3, 0.4) is 0 Å². The number of allylic oxidation sites excluding steroid dienone is 1. The predicted molar refractivity (Wildman–Crippen MR) is 72.4 cm³/mol. The third-order valence-electron chi connectivity index (χ3n) is 3.77. The Morgan fingerprint density at radius 3 is 2.71 bits per heavy atom. The van der Waals surface area contributed by atoms with Gasteiger partial charge in [-0.15, -0.1) is 0 Å². The summed E-state index contributed by atoms with van der Waals surface area (Å²) in [6, 6.07) is 0. The summed E-state index contributed by atoms with van der Waals surface area (Å²) in [5, 5.41) is 0.276. The molecule has 2 nitrogen and oxygen atoms in total. The fraction of sp³-hybridized carbons (Fsp3) is 0.857. The second-order valence-electron chi connectivity index (χ2n) is 5.23. The predicted octanol–water partition coefficient (Wildman–Crippen LogP) is 3.54. The minimum atomic E-state index is -0.656. The van der Waals surface area contributed by atoms with Crippen LogP contribution < -0.4 is 0 Å². The van der Waals surface area contributed by atoms with Gasteiger partial charge in [0.1, 0.15) is 6.61 Å². The van der Waals surface area contributed by atoms with Crippen LogP contribution in [0.25, 0.3) is 0 Å². The van der Waals surface area contributed by atoms with Crippen molar-refractivity contribution in [3.63, 3.8) is 0 Å². The highest BCUT2D eigenvalue weighted by Crippen LogP contribution is 2.23. The molecule has 98 valence electrons. The summed E-state index contributed by atoms with van der Waals surface area (Å²) in [5.41, 5.74) is 1.45. The van der Waals surface area contributed by atoms with Crippen molar-refractivity contribution in [2.75, 3.05) is 12.4 Å². The maximum absolute atomic E-state index is 11.9. The van der Waals surface area contributed by atoms with Gasteiger partial charge >= 0.3 is 0 Å². The van der Waals surface area contributed by atoms with E-state index >= 15 is 0 Å². The van der Waals surface area contributed by atoms with Gasteiger partial charge in [-0.25, -0.2) is 0 Å². The van der Waals surface area contributed by atoms with E-state index in [2.05, 4.69) is 0 Å². The molecule has 1 aliphatic carbocycles. The van der Waals surface area contributed by atoms with Crippen molar-refractivity contribution in [3.05, 3.63) is 11.8 Å². The summed E-state index contributed by atoms with van der Waals surface area (Å²) < 4.78 is 17.6. The lowest BCUT2D eigenvalue weighted by Crippen LogP contribution is -2.21. The summed E-state index contributed by atoms with van der Waals surface area (Å²) in [6.45, 7) is 0.663. The first-order chi connectivity index (χ1) is 8.36. The maximum Gasteiger partial charge on any atom is 0.102 e. The molecule has 2 aliphatic rings. The summed E-state index contributed by atoms with van der Waals surface area (Å²) >= 11 is 0. The summed E-state index contributed by atoms with van der Waals surface area (Å²) in [5.74, 6) is 0.880. The van der Waals surface area contributed by atoms with Gasteiger partial charge in [-0.05, 0) is 44.1 Å². The fourth-order valence-corrected chi connectivity index (χ4v) is 4.13. The average Bonchev–Trinajstić information content (AvgIpc) is 2.56. The largest absolute Gasteiger partial charge is 0.500 e. The van der Waals surface area contributed by atoms with Crippen LogP contribution >= 0.6 is 0 Å². The van der Waals surface area contributed by atoms with Crippen molar-refractivity contribution in [3.8, 4) is 0 Å². The number of hydrogen-bond donors (Lipinski definition) is 0. The second-order valence-corrected chi connectivity index (χ2v) is 7.06. The molecule has 1 saturated carbocycles. The first kappa shape index (κ1) is 13.1. The Morgan fingerprint density at radius 1 is 1.12 bits per heavy atom. The van der Waals surface area contributed by atoms with Gasteiger partial charge in [0.25, 0.3) is 0 Å². The Labute approximate surface area is 107 Å². The van der Waals surface area contributed by atoms with Gasteiger partial charge in [-0.3, -0.25) is 4.21 Å². The molecule has 0 aromatic rings. The molecule has 1 aliphatic heterocycles. The van der Waals surface area contributed by atoms with E-state index < -0.39 is 10.8 Å². The summed E-state index contributed by atoms with van der Waals surface area (Å²) in [7, 11) is -0.656. The van der Waals surface area contributed by atoms with Gasteiger partial charge in [0.2, 0.25) is 0 Å². The van der Waals surface area contributed by atoms with Crippen molar-refractivity contribution in [2.24, 2.45) is 0 Å². The van der Waals surface area contributed by atoms with Crippen molar-refractivity contribution in [1.82, 2.24) is 0 Å². The molecule has 2 fully saturated rings. The van der Waals surface area contributed by atoms with Gasteiger partial charge in [0.15, 0.2) is 0 Å². The average molecular weight is 256 g/mol. The summed E-state index contributed by atoms with van der Waals surface area (Å²) in [4.78, 5) is 0. The molecule has 2 atom stereocenters. The molecule has 3 heteroatoms. The third-order valence-corrected chi connectivity index (χ3v) is 5.58. The normalized spacial score (nSPS) is 30.7. The molecule has 0 bridgehead atoms. The van der Waals surface area contributed by atoms with E-state index in [1.807, 2.05) is 6.26 Å². The lowest BCUT2D eigenvalue weighted by Gasteiger charge is -2.16. The second kappa shape index (κ2) is 7.20. The molecule has 1 heterocycles. The Bertz CT molecular complexity index is 278. The van der Waals surface area contributed by atoms with E-state index in [0.717, 1.165) is 18.6 Å². The third kappa shape index (κ3) is 4.46. The number of rotatable bonds is 3. The van der Waals surface area contributed by atoms with Crippen molar-refractivity contribution < 1.29 is 8.95 Å². The highest BCUT2D eigenvalue weighted by atomic mass is 32.2. The van der Waals surface area contributed by atoms with Crippen molar-refractivity contribution >= 4 is 10.8 Å². The first-order valence-electron chi connectivity index (χ1n) is 7.03. The van der Waals surface area contributed by atoms with Gasteiger partial charge in [0, 0.05) is 16.6 Å². The van der Waals surface area contributed by atoms with Crippen LogP contribution in [0.2, 0.25) is 0 Å². The van der Waals surface area contributed by atoms with Gasteiger partial charge in [-0.1, -0.05) is 19.3 Å². The molecule has 17 heavy (non-hydrogen) atoms. The molecule has 0 aromatic heterocycles. The molecule has 1 saturated heterocycles. The van der Waals surface area contributed by atoms with Gasteiger partial charge in [-0.2, -0.15) is 0 Å². The molecule has 2 unspecified atom stereocenters. The van der Waals surface area contributed by atoms with Crippen molar-refractivity contribution in [1.29, 1.82) is 0 Å². The molecule has 0 radical (unpaired) electrons. The van der Waals surface area contributed by atoms with Crippen LogP contribution in [-0.4, -0.2) is 21.8 Å². The smallest absolute Gasteiger partial charge is 0.102 e. The van der Waals surface area contributed by atoms with Crippen LogP contribution in [0.1, 0.15) is 57.8 Å². The van der Waals surface area contributed by atoms with E-state index in [0.29, 0.717) is 6.61 Å². The van der Waals surface area contributed by atoms with E-state index in [1.165, 1.54) is 50.5 Å². The SMILES string of the molecule is O=S1CCCCCC1COC=C1CCCCC1. The minimum absolute atomic E-state index is 0.276. The van der Waals surface area contributed by atoms with Crippen LogP contribution in [0.4, 0.5) is 0 Å². The van der Waals surface area contributed by atoms with E-state index in [-0.39, 0.29) is 5.25 Å². The molecular weight excluding hydrogens is 232 g/mol. The Hall–Kier alpha value is -0.310. The van der Waals surface area contributed by atoms with Gasteiger partial charge < -0.3 is 4.74 Å². The van der Waals surface area contributed by atoms with E-state index in [9.17, 15) is 4.21 Å². The minimum Gasteiger partial charge on any atom is -0.500 e. The zero-order valence-electron chi connectivity index (χ0n) is 10.7. The lowest BCUT2D eigenvalue weighted by atomic mass is 9.96. The monoisotopic (exact) mass is 256 g/mol. The van der Waals surface area contributed by atoms with E-state index in [4.69, 9.17) is 4.74 Å². The lowest BCUT2D eigenvalue weighted by molar-refractivity contribution is 0.239. The quantitative estimate of drug-likeness (QED) is 0.722. The molecular formula is C14H24O2S. The number of ether oxygens (including phenoxy) is 1. The van der Waals surface area contributed by atoms with Crippen molar-refractivity contribution in [2.45, 2.75) is 63.0 Å². The van der Waals surface area contributed by atoms with Crippen LogP contribution in [0, 0.1) is 0 Å². The highest BCUT2D eigenvalue weighted by Gasteiger charge is 2.19. The van der Waals surface area contributed by atoms with Gasteiger partial charge in [0.05, 0.1) is 11.5 Å². The zero-order valence-corrected chi connectivity index (χ0v) is 11.5. The van der Waals surface area contributed by atoms with Crippen LogP contribution in [0.15, 0.2) is 11.8 Å². The molecule has 2 rings (SSSR count). The highest BCUT2D eigenvalue weighted by molar-refractivity contribution is 7.85. The summed E-state index contributed by atoms with van der Waals surface area (Å²) in [6.07, 6.45) is 13.0. The number of hydrogen-bond acceptors (Lipinski definition) is 2. The molecule has 0 N–H and O–H groups in total. The molecule has 0 aromatic carbocycles. The Morgan fingerprint density at radius 2 is 1.88 bits per heavy atom. The van der Waals surface area contributed by atoms with Crippen LogP contribution in [0.5, 0.6) is 0 Å². The Balaban J connectivity index is 1.74. The fourth-order valence-electron chi connectivity index (χ4n) is 2.65. The topological polar surface area (TPSA) is 26.3 Å². The van der Waals surface area contributed by atoms with Crippen LogP contribution in [-0.2, 0) is 15.5 Å². The Kier molecular flexibility index (Phi) is 5.56. The standard InChI is InChI=1S/C14H24O2S/c15-17-10-6-2-5-9-14(17)12-16-11-13-7-3-1-4-8-13/h11,14H,1-10,12H2. The molecule has 0 amide bonds. The van der Waals surface area contributed by atoms with E-state index in [1.54, 1.807) is 0 Å². The first-order valence-corrected chi connectivity index (χ1v) is 8.41. The maximum atomic E-state index is 11.9. The molecule has 0 spiro atoms. The zero-order chi connectivity index (χ0) is 11.9.